The van der Waals surface area contributed by atoms with Crippen LogP contribution in [0.15, 0.2) is 60.7 Å². The number of carbonyl (C=O) groups is 1. The number of rotatable bonds is 7. The minimum Gasteiger partial charge on any atom is -0.391 e. The Morgan fingerprint density at radius 1 is 1.00 bits per heavy atom. The highest BCUT2D eigenvalue weighted by molar-refractivity contribution is 5.83. The summed E-state index contributed by atoms with van der Waals surface area (Å²) in [6, 6.07) is 20.1. The maximum atomic E-state index is 12.7. The van der Waals surface area contributed by atoms with E-state index in [-0.39, 0.29) is 11.3 Å². The first-order valence-corrected chi connectivity index (χ1v) is 8.72. The van der Waals surface area contributed by atoms with Gasteiger partial charge in [0.05, 0.1) is 11.5 Å². The second-order valence-electron chi connectivity index (χ2n) is 6.85. The number of amides is 1. The molecule has 3 rings (SSSR count). The molecule has 2 aromatic rings. The topological polar surface area (TPSA) is 49.3 Å². The van der Waals surface area contributed by atoms with Gasteiger partial charge in [-0.25, -0.2) is 0 Å². The third kappa shape index (κ3) is 4.04. The minimum atomic E-state index is -0.551. The van der Waals surface area contributed by atoms with E-state index in [1.54, 1.807) is 0 Å². The van der Waals surface area contributed by atoms with Crippen LogP contribution < -0.4 is 5.32 Å². The highest BCUT2D eigenvalue weighted by Gasteiger charge is 2.43. The van der Waals surface area contributed by atoms with E-state index in [4.69, 9.17) is 0 Å². The van der Waals surface area contributed by atoms with Crippen LogP contribution in [-0.2, 0) is 17.6 Å². The van der Waals surface area contributed by atoms with Crippen molar-refractivity contribution < 1.29 is 9.90 Å². The molecule has 24 heavy (non-hydrogen) atoms. The minimum absolute atomic E-state index is 0.0877. The first-order valence-electron chi connectivity index (χ1n) is 8.72. The lowest BCUT2D eigenvalue weighted by Gasteiger charge is -2.40. The molecule has 0 aliphatic heterocycles. The lowest BCUT2D eigenvalue weighted by atomic mass is 9.64. The molecule has 3 nitrogen and oxygen atoms in total. The molecule has 2 N–H and O–H groups in total. The van der Waals surface area contributed by atoms with E-state index in [0.717, 1.165) is 31.2 Å². The molecule has 1 amide bonds. The summed E-state index contributed by atoms with van der Waals surface area (Å²) in [5.74, 6) is 0.0877. The van der Waals surface area contributed by atoms with Gasteiger partial charge in [-0.2, -0.15) is 0 Å². The summed E-state index contributed by atoms with van der Waals surface area (Å²) < 4.78 is 0. The van der Waals surface area contributed by atoms with Crippen LogP contribution in [0.1, 0.15) is 30.4 Å². The van der Waals surface area contributed by atoms with Crippen molar-refractivity contribution in [1.82, 2.24) is 5.32 Å². The molecular weight excluding hydrogens is 298 g/mol. The van der Waals surface area contributed by atoms with Crippen molar-refractivity contribution in [2.75, 3.05) is 6.54 Å². The summed E-state index contributed by atoms with van der Waals surface area (Å²) >= 11 is 0. The summed E-state index contributed by atoms with van der Waals surface area (Å²) in [5, 5.41) is 13.2. The van der Waals surface area contributed by atoms with Crippen LogP contribution in [-0.4, -0.2) is 23.7 Å². The highest BCUT2D eigenvalue weighted by Crippen LogP contribution is 2.43. The number of benzene rings is 2. The lowest BCUT2D eigenvalue weighted by Crippen LogP contribution is -2.49. The van der Waals surface area contributed by atoms with Gasteiger partial charge in [0.15, 0.2) is 0 Å². The maximum absolute atomic E-state index is 12.7. The van der Waals surface area contributed by atoms with Gasteiger partial charge in [-0.1, -0.05) is 67.1 Å². The number of hydrogen-bond donors (Lipinski definition) is 2. The summed E-state index contributed by atoms with van der Waals surface area (Å²) in [7, 11) is 0. The van der Waals surface area contributed by atoms with Crippen LogP contribution in [0.2, 0.25) is 0 Å². The van der Waals surface area contributed by atoms with Crippen molar-refractivity contribution in [3.05, 3.63) is 71.8 Å². The van der Waals surface area contributed by atoms with Crippen molar-refractivity contribution in [1.29, 1.82) is 0 Å². The Morgan fingerprint density at radius 2 is 1.58 bits per heavy atom. The predicted molar refractivity (Wildman–Crippen MR) is 95.6 cm³/mol. The van der Waals surface area contributed by atoms with Crippen LogP contribution in [0.3, 0.4) is 0 Å². The first-order chi connectivity index (χ1) is 11.7. The fraction of sp³-hybridized carbons (Fsp3) is 0.381. The molecule has 1 fully saturated rings. The smallest absolute Gasteiger partial charge is 0.226 e. The number of aliphatic hydroxyl groups excluding tert-OH is 1. The van der Waals surface area contributed by atoms with Gasteiger partial charge < -0.3 is 10.4 Å². The zero-order valence-electron chi connectivity index (χ0n) is 13.9. The Hall–Kier alpha value is -2.13. The van der Waals surface area contributed by atoms with Crippen LogP contribution in [0.4, 0.5) is 0 Å². The van der Waals surface area contributed by atoms with Crippen molar-refractivity contribution in [2.45, 2.75) is 38.2 Å². The molecule has 1 aliphatic rings. The Balaban J connectivity index is 1.53. The van der Waals surface area contributed by atoms with Crippen LogP contribution >= 0.6 is 0 Å². The van der Waals surface area contributed by atoms with Crippen LogP contribution in [0.25, 0.3) is 0 Å². The zero-order valence-corrected chi connectivity index (χ0v) is 13.9. The van der Waals surface area contributed by atoms with Crippen molar-refractivity contribution in [3.8, 4) is 0 Å². The molecule has 1 atom stereocenters. The third-order valence-electron chi connectivity index (χ3n) is 4.99. The second-order valence-corrected chi connectivity index (χ2v) is 6.85. The van der Waals surface area contributed by atoms with Gasteiger partial charge in [-0.15, -0.1) is 0 Å². The molecule has 0 bridgehead atoms. The fourth-order valence-corrected chi connectivity index (χ4v) is 3.43. The van der Waals surface area contributed by atoms with E-state index in [0.29, 0.717) is 13.0 Å². The molecule has 3 heteroatoms. The molecule has 2 aromatic carbocycles. The SMILES string of the molecule is O=C(NCC(O)Cc1ccccc1)C1(Cc2ccccc2)CCC1. The molecule has 1 aliphatic carbocycles. The summed E-state index contributed by atoms with van der Waals surface area (Å²) in [6.07, 6.45) is 3.77. The predicted octanol–water partition coefficient (Wildman–Crippen LogP) is 3.12. The molecular formula is C21H25NO2. The Morgan fingerprint density at radius 3 is 2.12 bits per heavy atom. The second kappa shape index (κ2) is 7.63. The highest BCUT2D eigenvalue weighted by atomic mass is 16.3. The van der Waals surface area contributed by atoms with Gasteiger partial charge in [-0.3, -0.25) is 4.79 Å². The molecule has 126 valence electrons. The van der Waals surface area contributed by atoms with Crippen molar-refractivity contribution >= 4 is 5.91 Å². The molecule has 0 radical (unpaired) electrons. The van der Waals surface area contributed by atoms with E-state index in [9.17, 15) is 9.90 Å². The zero-order chi connectivity index (χ0) is 16.8. The standard InChI is InChI=1S/C21H25NO2/c23-19(14-17-8-3-1-4-9-17)16-22-20(24)21(12-7-13-21)15-18-10-5-2-6-11-18/h1-6,8-11,19,23H,7,12-16H2,(H,22,24). The molecule has 0 heterocycles. The Bertz CT molecular complexity index is 650. The van der Waals surface area contributed by atoms with E-state index < -0.39 is 6.10 Å². The van der Waals surface area contributed by atoms with Gasteiger partial charge in [0.2, 0.25) is 5.91 Å². The average Bonchev–Trinajstić information content (AvgIpc) is 2.58. The average molecular weight is 323 g/mol. The monoisotopic (exact) mass is 323 g/mol. The van der Waals surface area contributed by atoms with Gasteiger partial charge in [0.25, 0.3) is 0 Å². The number of hydrogen-bond acceptors (Lipinski definition) is 2. The van der Waals surface area contributed by atoms with E-state index >= 15 is 0 Å². The fourth-order valence-electron chi connectivity index (χ4n) is 3.43. The molecule has 0 saturated heterocycles. The summed E-state index contributed by atoms with van der Waals surface area (Å²) in [4.78, 5) is 12.7. The summed E-state index contributed by atoms with van der Waals surface area (Å²) in [5.41, 5.74) is 2.01. The lowest BCUT2D eigenvalue weighted by molar-refractivity contribution is -0.136. The first kappa shape index (κ1) is 16.7. The number of aliphatic hydroxyl groups is 1. The number of carbonyl (C=O) groups excluding carboxylic acids is 1. The summed E-state index contributed by atoms with van der Waals surface area (Å²) in [6.45, 7) is 0.310. The largest absolute Gasteiger partial charge is 0.391 e. The van der Waals surface area contributed by atoms with Gasteiger partial charge in [-0.05, 0) is 30.4 Å². The van der Waals surface area contributed by atoms with E-state index in [2.05, 4.69) is 17.4 Å². The van der Waals surface area contributed by atoms with Crippen LogP contribution in [0.5, 0.6) is 0 Å². The molecule has 0 spiro atoms. The Labute approximate surface area is 143 Å². The van der Waals surface area contributed by atoms with Crippen molar-refractivity contribution in [2.24, 2.45) is 5.41 Å². The molecule has 0 aromatic heterocycles. The van der Waals surface area contributed by atoms with Crippen LogP contribution in [0, 0.1) is 5.41 Å². The van der Waals surface area contributed by atoms with Gasteiger partial charge in [0.1, 0.15) is 0 Å². The normalized spacial score (nSPS) is 16.9. The maximum Gasteiger partial charge on any atom is 0.226 e. The van der Waals surface area contributed by atoms with Crippen molar-refractivity contribution in [3.63, 3.8) is 0 Å². The van der Waals surface area contributed by atoms with Gasteiger partial charge in [0, 0.05) is 13.0 Å². The Kier molecular flexibility index (Phi) is 5.31. The van der Waals surface area contributed by atoms with Gasteiger partial charge >= 0.3 is 0 Å². The quantitative estimate of drug-likeness (QED) is 0.822. The molecule has 1 unspecified atom stereocenters. The molecule has 1 saturated carbocycles. The number of nitrogens with one attached hydrogen (secondary N) is 1. The van der Waals surface area contributed by atoms with E-state index in [1.165, 1.54) is 5.56 Å². The van der Waals surface area contributed by atoms with E-state index in [1.807, 2.05) is 48.5 Å². The third-order valence-corrected chi connectivity index (χ3v) is 4.99.